The summed E-state index contributed by atoms with van der Waals surface area (Å²) in [6.07, 6.45) is -4.53. The molecule has 1 heterocycles. The number of aliphatic hydroxyl groups excluding tert-OH is 2. The number of benzene rings is 2. The number of carboxylic acid groups (broad SMARTS) is 2. The van der Waals surface area contributed by atoms with E-state index in [2.05, 4.69) is 71.4 Å². The molecule has 0 radical (unpaired) electrons. The molecule has 3 rings (SSSR count). The van der Waals surface area contributed by atoms with Crippen LogP contribution in [0.25, 0.3) is 0 Å². The molecule has 0 saturated heterocycles. The van der Waals surface area contributed by atoms with Gasteiger partial charge in [0.2, 0.25) is 0 Å². The summed E-state index contributed by atoms with van der Waals surface area (Å²) in [6.45, 7) is 3.15. The number of hydrogen-bond donors (Lipinski definition) is 4. The monoisotopic (exact) mass is 388 g/mol. The third-order valence-corrected chi connectivity index (χ3v) is 4.30. The summed E-state index contributed by atoms with van der Waals surface area (Å²) in [4.78, 5) is 24.3. The number of carboxylic acids is 2. The van der Waals surface area contributed by atoms with Crippen LogP contribution in [-0.4, -0.2) is 69.6 Å². The predicted octanol–water partition coefficient (Wildman–Crippen LogP) is 1.15. The third kappa shape index (κ3) is 5.53. The van der Waals surface area contributed by atoms with Crippen LogP contribution < -0.4 is 4.90 Å². The van der Waals surface area contributed by atoms with Crippen LogP contribution in [0.1, 0.15) is 5.56 Å². The van der Waals surface area contributed by atoms with Gasteiger partial charge in [0.1, 0.15) is 0 Å². The van der Waals surface area contributed by atoms with Crippen LogP contribution in [0.3, 0.4) is 0 Å². The SMILES string of the molecule is CN1CCN(c2ccccc2)c2ccccc2C1.O=C(O)[C@H](O)[C@@H](O)C(=O)O. The molecule has 0 aromatic heterocycles. The Balaban J connectivity index is 0.000000242. The Morgan fingerprint density at radius 1 is 0.857 bits per heavy atom. The minimum absolute atomic E-state index is 1.03. The highest BCUT2D eigenvalue weighted by atomic mass is 16.4. The highest BCUT2D eigenvalue weighted by Crippen LogP contribution is 2.30. The summed E-state index contributed by atoms with van der Waals surface area (Å²) in [7, 11) is 2.19. The lowest BCUT2D eigenvalue weighted by molar-refractivity contribution is -0.165. The third-order valence-electron chi connectivity index (χ3n) is 4.30. The molecule has 1 aliphatic heterocycles. The second kappa shape index (κ2) is 9.84. The van der Waals surface area contributed by atoms with Gasteiger partial charge in [0.25, 0.3) is 0 Å². The van der Waals surface area contributed by atoms with Gasteiger partial charge in [-0.3, -0.25) is 0 Å². The highest BCUT2D eigenvalue weighted by molar-refractivity contribution is 5.83. The predicted molar refractivity (Wildman–Crippen MR) is 104 cm³/mol. The van der Waals surface area contributed by atoms with Gasteiger partial charge in [0, 0.05) is 31.0 Å². The molecule has 8 nitrogen and oxygen atoms in total. The van der Waals surface area contributed by atoms with E-state index in [4.69, 9.17) is 20.4 Å². The van der Waals surface area contributed by atoms with Gasteiger partial charge in [-0.1, -0.05) is 36.4 Å². The number of para-hydroxylation sites is 2. The number of hydrogen-bond acceptors (Lipinski definition) is 6. The van der Waals surface area contributed by atoms with Gasteiger partial charge in [-0.15, -0.1) is 0 Å². The van der Waals surface area contributed by atoms with E-state index in [1.807, 2.05) is 0 Å². The van der Waals surface area contributed by atoms with Crippen LogP contribution >= 0.6 is 0 Å². The number of fused-ring (bicyclic) bond motifs is 1. The second-order valence-electron chi connectivity index (χ2n) is 6.42. The lowest BCUT2D eigenvalue weighted by atomic mass is 10.1. The van der Waals surface area contributed by atoms with E-state index in [0.29, 0.717) is 0 Å². The van der Waals surface area contributed by atoms with Crippen molar-refractivity contribution in [3.05, 3.63) is 60.2 Å². The Kier molecular flexibility index (Phi) is 7.51. The van der Waals surface area contributed by atoms with Crippen molar-refractivity contribution in [1.29, 1.82) is 0 Å². The molecule has 0 fully saturated rings. The quantitative estimate of drug-likeness (QED) is 0.615. The van der Waals surface area contributed by atoms with Gasteiger partial charge in [0.05, 0.1) is 0 Å². The van der Waals surface area contributed by atoms with Crippen LogP contribution in [0.2, 0.25) is 0 Å². The lowest BCUT2D eigenvalue weighted by Crippen LogP contribution is -2.39. The maximum atomic E-state index is 9.77. The molecule has 2 aromatic carbocycles. The Bertz CT molecular complexity index is 780. The first kappa shape index (κ1) is 21.4. The zero-order chi connectivity index (χ0) is 20.7. The number of carbonyl (C=O) groups is 2. The highest BCUT2D eigenvalue weighted by Gasteiger charge is 2.29. The number of rotatable bonds is 4. The van der Waals surface area contributed by atoms with Crippen LogP contribution in [0, 0.1) is 0 Å². The van der Waals surface area contributed by atoms with Gasteiger partial charge in [0.15, 0.2) is 12.2 Å². The number of likely N-dealkylation sites (N-methyl/N-ethyl adjacent to an activating group) is 1. The molecular formula is C20H24N2O6. The van der Waals surface area contributed by atoms with Gasteiger partial charge in [-0.2, -0.15) is 0 Å². The molecule has 0 amide bonds. The van der Waals surface area contributed by atoms with Crippen LogP contribution in [-0.2, 0) is 16.1 Å². The average Bonchev–Trinajstić information content (AvgIpc) is 2.86. The van der Waals surface area contributed by atoms with Crippen molar-refractivity contribution in [2.75, 3.05) is 25.0 Å². The van der Waals surface area contributed by atoms with Crippen molar-refractivity contribution < 1.29 is 30.0 Å². The molecule has 28 heavy (non-hydrogen) atoms. The van der Waals surface area contributed by atoms with Gasteiger partial charge >= 0.3 is 11.9 Å². The summed E-state index contributed by atoms with van der Waals surface area (Å²) in [5.41, 5.74) is 4.02. The zero-order valence-electron chi connectivity index (χ0n) is 15.5. The average molecular weight is 388 g/mol. The van der Waals surface area contributed by atoms with Crippen molar-refractivity contribution in [3.8, 4) is 0 Å². The van der Waals surface area contributed by atoms with Crippen LogP contribution in [0.5, 0.6) is 0 Å². The largest absolute Gasteiger partial charge is 0.479 e. The van der Waals surface area contributed by atoms with Gasteiger partial charge in [-0.05, 0) is 30.8 Å². The molecule has 4 N–H and O–H groups in total. The number of aliphatic hydroxyl groups is 2. The van der Waals surface area contributed by atoms with E-state index < -0.39 is 24.1 Å². The molecule has 2 atom stereocenters. The number of anilines is 2. The Morgan fingerprint density at radius 3 is 1.96 bits per heavy atom. The molecule has 1 aliphatic rings. The summed E-state index contributed by atoms with van der Waals surface area (Å²) in [5, 5.41) is 32.5. The van der Waals surface area contributed by atoms with E-state index in [1.54, 1.807) is 0 Å². The van der Waals surface area contributed by atoms with Crippen molar-refractivity contribution in [3.63, 3.8) is 0 Å². The fourth-order valence-corrected chi connectivity index (χ4v) is 2.82. The van der Waals surface area contributed by atoms with Crippen LogP contribution in [0.4, 0.5) is 11.4 Å². The number of nitrogens with zero attached hydrogens (tertiary/aromatic N) is 2. The van der Waals surface area contributed by atoms with E-state index in [-0.39, 0.29) is 0 Å². The molecule has 8 heteroatoms. The minimum Gasteiger partial charge on any atom is -0.479 e. The van der Waals surface area contributed by atoms with Crippen molar-refractivity contribution in [2.24, 2.45) is 0 Å². The molecule has 0 bridgehead atoms. The van der Waals surface area contributed by atoms with Crippen LogP contribution in [0.15, 0.2) is 54.6 Å². The standard InChI is InChI=1S/C16H18N2.C4H6O6/c1-17-11-12-18(15-8-3-2-4-9-15)16-10-6-5-7-14(16)13-17;5-1(3(7)8)2(6)4(9)10/h2-10H,11-13H2,1H3;1-2,5-6H,(H,7,8)(H,9,10)/t;1-,2-/m.1/s1. The summed E-state index contributed by atoms with van der Waals surface area (Å²) < 4.78 is 0. The minimum atomic E-state index is -2.27. The maximum Gasteiger partial charge on any atom is 0.335 e. The molecule has 150 valence electrons. The maximum absolute atomic E-state index is 9.77. The summed E-state index contributed by atoms with van der Waals surface area (Å²) >= 11 is 0. The molecule has 0 aliphatic carbocycles. The fraction of sp³-hybridized carbons (Fsp3) is 0.300. The second-order valence-corrected chi connectivity index (χ2v) is 6.42. The zero-order valence-corrected chi connectivity index (χ0v) is 15.5. The van der Waals surface area contributed by atoms with E-state index in [1.165, 1.54) is 16.9 Å². The van der Waals surface area contributed by atoms with E-state index in [0.717, 1.165) is 19.6 Å². The van der Waals surface area contributed by atoms with E-state index in [9.17, 15) is 9.59 Å². The molecule has 0 spiro atoms. The number of aliphatic carboxylic acids is 2. The smallest absolute Gasteiger partial charge is 0.335 e. The van der Waals surface area contributed by atoms with E-state index >= 15 is 0 Å². The van der Waals surface area contributed by atoms with Crippen molar-refractivity contribution in [2.45, 2.75) is 18.8 Å². The van der Waals surface area contributed by atoms with Crippen molar-refractivity contribution >= 4 is 23.3 Å². The molecular weight excluding hydrogens is 364 g/mol. The normalized spacial score (nSPS) is 16.0. The molecule has 0 saturated carbocycles. The first-order valence-electron chi connectivity index (χ1n) is 8.72. The first-order chi connectivity index (χ1) is 13.3. The van der Waals surface area contributed by atoms with Crippen molar-refractivity contribution in [1.82, 2.24) is 4.90 Å². The Labute approximate surface area is 162 Å². The fourth-order valence-electron chi connectivity index (χ4n) is 2.82. The Hall–Kier alpha value is -2.94. The lowest BCUT2D eigenvalue weighted by Gasteiger charge is -2.24. The summed E-state index contributed by atoms with van der Waals surface area (Å²) in [5.74, 6) is -3.54. The molecule has 0 unspecified atom stereocenters. The molecule has 2 aromatic rings. The summed E-state index contributed by atoms with van der Waals surface area (Å²) in [6, 6.07) is 19.3. The topological polar surface area (TPSA) is 122 Å². The van der Waals surface area contributed by atoms with Gasteiger partial charge in [-0.25, -0.2) is 9.59 Å². The Morgan fingerprint density at radius 2 is 1.39 bits per heavy atom. The first-order valence-corrected chi connectivity index (χ1v) is 8.72. The van der Waals surface area contributed by atoms with Gasteiger partial charge < -0.3 is 30.2 Å².